The van der Waals surface area contributed by atoms with Crippen LogP contribution in [-0.4, -0.2) is 120 Å². The molecule has 1 unspecified atom stereocenters. The first-order valence-electron chi connectivity index (χ1n) is 12.9. The minimum Gasteiger partial charge on any atom is -0.497 e. The fourth-order valence-electron chi connectivity index (χ4n) is 5.40. The first kappa shape index (κ1) is 28.8. The second-order valence-electron chi connectivity index (χ2n) is 10.4. The van der Waals surface area contributed by atoms with Crippen molar-refractivity contribution in [2.24, 2.45) is 5.92 Å². The number of carbonyl (C=O) groups excluding carboxylic acids is 1. The van der Waals surface area contributed by atoms with Crippen LogP contribution in [0.1, 0.15) is 30.4 Å². The Morgan fingerprint density at radius 2 is 1.72 bits per heavy atom. The van der Waals surface area contributed by atoms with Gasteiger partial charge >= 0.3 is 0 Å². The summed E-state index contributed by atoms with van der Waals surface area (Å²) in [5, 5.41) is 0. The molecule has 2 aliphatic rings. The van der Waals surface area contributed by atoms with Gasteiger partial charge < -0.3 is 19.3 Å². The van der Waals surface area contributed by atoms with Gasteiger partial charge in [-0.25, -0.2) is 8.42 Å². The summed E-state index contributed by atoms with van der Waals surface area (Å²) in [6, 6.07) is 4.08. The SMILES string of the molecule is COc1cc(C)c(S(=O)(=O)N(C)CCOCC(=O)N(C)C[C@@H]2CCC(N3CCN(C)CC3)C2)c(C)c1. The minimum atomic E-state index is -3.68. The normalized spacial score (nSPS) is 21.8. The molecule has 0 spiro atoms. The Morgan fingerprint density at radius 1 is 1.08 bits per heavy atom. The first-order valence-corrected chi connectivity index (χ1v) is 14.3. The number of aryl methyl sites for hydroxylation is 2. The summed E-state index contributed by atoms with van der Waals surface area (Å²) in [5.41, 5.74) is 1.27. The lowest BCUT2D eigenvalue weighted by atomic mass is 10.1. The second-order valence-corrected chi connectivity index (χ2v) is 12.4. The van der Waals surface area contributed by atoms with Crippen LogP contribution in [0.15, 0.2) is 17.0 Å². The molecular formula is C26H44N4O5S. The predicted molar refractivity (Wildman–Crippen MR) is 141 cm³/mol. The zero-order valence-corrected chi connectivity index (χ0v) is 23.6. The van der Waals surface area contributed by atoms with E-state index >= 15 is 0 Å². The monoisotopic (exact) mass is 524 g/mol. The topological polar surface area (TPSA) is 82.6 Å². The zero-order chi connectivity index (χ0) is 26.5. The maximum atomic E-state index is 13.1. The van der Waals surface area contributed by atoms with E-state index in [1.807, 2.05) is 7.05 Å². The van der Waals surface area contributed by atoms with Gasteiger partial charge in [-0.1, -0.05) is 0 Å². The molecule has 1 aromatic carbocycles. The zero-order valence-electron chi connectivity index (χ0n) is 22.8. The highest BCUT2D eigenvalue weighted by molar-refractivity contribution is 7.89. The molecular weight excluding hydrogens is 480 g/mol. The highest BCUT2D eigenvalue weighted by Gasteiger charge is 2.32. The van der Waals surface area contributed by atoms with Crippen LogP contribution < -0.4 is 4.74 Å². The van der Waals surface area contributed by atoms with Crippen LogP contribution in [0.2, 0.25) is 0 Å². The van der Waals surface area contributed by atoms with Gasteiger partial charge in [0, 0.05) is 59.4 Å². The standard InChI is InChI=1S/C26H44N4O5S/c1-20-15-24(34-6)16-21(2)26(20)36(32,33)29(5)13-14-35-19-25(31)28(4)18-22-7-8-23(17-22)30-11-9-27(3)10-12-30/h15-16,22-23H,7-14,17-19H2,1-6H3/t22-,23?/m1/s1. The van der Waals surface area contributed by atoms with Crippen molar-refractivity contribution in [3.63, 3.8) is 0 Å². The molecule has 1 amide bonds. The van der Waals surface area contributed by atoms with Crippen molar-refractivity contribution in [3.05, 3.63) is 23.3 Å². The summed E-state index contributed by atoms with van der Waals surface area (Å²) in [7, 11) is 3.43. The lowest BCUT2D eigenvalue weighted by molar-refractivity contribution is -0.135. The maximum Gasteiger partial charge on any atom is 0.248 e. The van der Waals surface area contributed by atoms with Gasteiger partial charge in [0.25, 0.3) is 0 Å². The van der Waals surface area contributed by atoms with E-state index < -0.39 is 10.0 Å². The molecule has 1 heterocycles. The molecule has 1 saturated heterocycles. The van der Waals surface area contributed by atoms with Crippen molar-refractivity contribution < 1.29 is 22.7 Å². The van der Waals surface area contributed by atoms with Gasteiger partial charge in [-0.3, -0.25) is 9.69 Å². The third-order valence-electron chi connectivity index (χ3n) is 7.64. The van der Waals surface area contributed by atoms with Crippen LogP contribution >= 0.6 is 0 Å². The Labute approximate surface area is 217 Å². The van der Waals surface area contributed by atoms with E-state index in [1.165, 1.54) is 17.8 Å². The number of rotatable bonds is 11. The third kappa shape index (κ3) is 7.19. The average Bonchev–Trinajstić information content (AvgIpc) is 3.29. The van der Waals surface area contributed by atoms with Gasteiger partial charge in [-0.2, -0.15) is 4.31 Å². The average molecular weight is 525 g/mol. The fourth-order valence-corrected chi connectivity index (χ4v) is 6.95. The highest BCUT2D eigenvalue weighted by Crippen LogP contribution is 2.30. The van der Waals surface area contributed by atoms with Crippen LogP contribution in [0, 0.1) is 19.8 Å². The van der Waals surface area contributed by atoms with E-state index in [0.717, 1.165) is 45.6 Å². The van der Waals surface area contributed by atoms with Crippen LogP contribution in [0.25, 0.3) is 0 Å². The summed E-state index contributed by atoms with van der Waals surface area (Å²) < 4.78 is 38.3. The quantitative estimate of drug-likeness (QED) is 0.409. The minimum absolute atomic E-state index is 0.0421. The largest absolute Gasteiger partial charge is 0.497 e. The molecule has 0 N–H and O–H groups in total. The third-order valence-corrected chi connectivity index (χ3v) is 9.80. The number of hydrogen-bond acceptors (Lipinski definition) is 7. The molecule has 10 heteroatoms. The van der Waals surface area contributed by atoms with Gasteiger partial charge in [-0.15, -0.1) is 0 Å². The summed E-state index contributed by atoms with van der Waals surface area (Å²) in [6.45, 7) is 9.09. The molecule has 3 rings (SSSR count). The molecule has 1 saturated carbocycles. The highest BCUT2D eigenvalue weighted by atomic mass is 32.2. The molecule has 2 fully saturated rings. The van der Waals surface area contributed by atoms with Gasteiger partial charge in [0.15, 0.2) is 0 Å². The van der Waals surface area contributed by atoms with Crippen LogP contribution in [0.5, 0.6) is 5.75 Å². The number of piperazine rings is 1. The molecule has 9 nitrogen and oxygen atoms in total. The number of methoxy groups -OCH3 is 1. The molecule has 1 aromatic rings. The Morgan fingerprint density at radius 3 is 2.33 bits per heavy atom. The summed E-state index contributed by atoms with van der Waals surface area (Å²) in [5.74, 6) is 1.09. The van der Waals surface area contributed by atoms with E-state index in [9.17, 15) is 13.2 Å². The van der Waals surface area contributed by atoms with E-state index in [-0.39, 0.29) is 30.6 Å². The number of carbonyl (C=O) groups is 1. The number of amides is 1. The van der Waals surface area contributed by atoms with E-state index in [2.05, 4.69) is 16.8 Å². The Hall–Kier alpha value is -1.72. The molecule has 36 heavy (non-hydrogen) atoms. The number of hydrogen-bond donors (Lipinski definition) is 0. The Bertz CT molecular complexity index is 971. The molecule has 0 bridgehead atoms. The summed E-state index contributed by atoms with van der Waals surface area (Å²) >= 11 is 0. The van der Waals surface area contributed by atoms with E-state index in [4.69, 9.17) is 9.47 Å². The lowest BCUT2D eigenvalue weighted by Gasteiger charge is -2.36. The van der Waals surface area contributed by atoms with Crippen LogP contribution in [0.4, 0.5) is 0 Å². The predicted octanol–water partition coefficient (Wildman–Crippen LogP) is 1.82. The number of sulfonamides is 1. The van der Waals surface area contributed by atoms with Gasteiger partial charge in [0.2, 0.25) is 15.9 Å². The number of ether oxygens (including phenoxy) is 2. The van der Waals surface area contributed by atoms with Crippen LogP contribution in [0.3, 0.4) is 0 Å². The number of likely N-dealkylation sites (N-methyl/N-ethyl adjacent to an activating group) is 3. The van der Waals surface area contributed by atoms with Crippen molar-refractivity contribution in [2.75, 3.05) is 80.7 Å². The number of nitrogens with zero attached hydrogens (tertiary/aromatic N) is 4. The van der Waals surface area contributed by atoms with Crippen molar-refractivity contribution in [1.82, 2.24) is 19.0 Å². The van der Waals surface area contributed by atoms with Gasteiger partial charge in [0.1, 0.15) is 12.4 Å². The van der Waals surface area contributed by atoms with Gasteiger partial charge in [0.05, 0.1) is 18.6 Å². The lowest BCUT2D eigenvalue weighted by Crippen LogP contribution is -2.48. The molecule has 2 atom stereocenters. The molecule has 1 aliphatic heterocycles. The van der Waals surface area contributed by atoms with Crippen molar-refractivity contribution in [1.29, 1.82) is 0 Å². The van der Waals surface area contributed by atoms with Crippen LogP contribution in [-0.2, 0) is 19.6 Å². The molecule has 204 valence electrons. The summed E-state index contributed by atoms with van der Waals surface area (Å²) in [6.07, 6.45) is 3.51. The summed E-state index contributed by atoms with van der Waals surface area (Å²) in [4.78, 5) is 19.6. The molecule has 0 aromatic heterocycles. The molecule has 0 radical (unpaired) electrons. The van der Waals surface area contributed by atoms with Crippen molar-refractivity contribution in [3.8, 4) is 5.75 Å². The maximum absolute atomic E-state index is 13.1. The molecule has 1 aliphatic carbocycles. The van der Waals surface area contributed by atoms with E-state index in [1.54, 1.807) is 38.0 Å². The Balaban J connectivity index is 1.40. The smallest absolute Gasteiger partial charge is 0.248 e. The van der Waals surface area contributed by atoms with Crippen molar-refractivity contribution in [2.45, 2.75) is 44.0 Å². The fraction of sp³-hybridized carbons (Fsp3) is 0.731. The van der Waals surface area contributed by atoms with Gasteiger partial charge in [-0.05, 0) is 69.3 Å². The Kier molecular flexibility index (Phi) is 10.2. The number of benzene rings is 1. The second kappa shape index (κ2) is 12.7. The first-order chi connectivity index (χ1) is 17.0. The van der Waals surface area contributed by atoms with Crippen molar-refractivity contribution >= 4 is 15.9 Å². The van der Waals surface area contributed by atoms with E-state index in [0.29, 0.717) is 28.8 Å².